The van der Waals surface area contributed by atoms with E-state index in [9.17, 15) is 9.90 Å². The Morgan fingerprint density at radius 1 is 1.46 bits per heavy atom. The molecule has 0 fully saturated rings. The Morgan fingerprint density at radius 2 is 2.23 bits per heavy atom. The number of hydrogen-bond donors (Lipinski definition) is 1. The molecule has 2 aromatic rings. The number of hydrogen-bond acceptors (Lipinski definition) is 5. The second kappa shape index (κ2) is 7.78. The average molecular weight is 379 g/mol. The summed E-state index contributed by atoms with van der Waals surface area (Å²) < 4.78 is 10.5. The van der Waals surface area contributed by atoms with Crippen LogP contribution in [0.25, 0.3) is 10.9 Å². The van der Waals surface area contributed by atoms with Gasteiger partial charge >= 0.3 is 0 Å². The Bertz CT molecular complexity index is 840. The number of fused-ring (bicyclic) bond motifs is 3. The number of amides is 1. The summed E-state index contributed by atoms with van der Waals surface area (Å²) in [5, 5.41) is 10.7. The van der Waals surface area contributed by atoms with Crippen molar-refractivity contribution in [2.45, 2.75) is 32.4 Å². The van der Waals surface area contributed by atoms with E-state index in [0.29, 0.717) is 30.2 Å². The third kappa shape index (κ3) is 3.13. The molecule has 1 aromatic heterocycles. The fourth-order valence-corrected chi connectivity index (χ4v) is 3.97. The quantitative estimate of drug-likeness (QED) is 0.836. The number of rotatable bonds is 6. The summed E-state index contributed by atoms with van der Waals surface area (Å²) in [6.07, 6.45) is 3.02. The normalized spacial score (nSPS) is 16.2. The highest BCUT2D eigenvalue weighted by atomic mass is 35.5. The molecule has 2 heterocycles. The Hall–Kier alpha value is -1.89. The van der Waals surface area contributed by atoms with E-state index in [1.54, 1.807) is 12.0 Å². The molecule has 1 amide bonds. The van der Waals surface area contributed by atoms with Crippen molar-refractivity contribution in [1.29, 1.82) is 0 Å². The van der Waals surface area contributed by atoms with Crippen molar-refractivity contribution in [3.8, 4) is 5.75 Å². The maximum Gasteiger partial charge on any atom is 0.249 e. The van der Waals surface area contributed by atoms with Gasteiger partial charge in [0.1, 0.15) is 12.4 Å². The minimum absolute atomic E-state index is 0.0502. The second-order valence-corrected chi connectivity index (χ2v) is 6.80. The molecule has 3 rings (SSSR count). The van der Waals surface area contributed by atoms with Gasteiger partial charge in [0, 0.05) is 37.4 Å². The smallest absolute Gasteiger partial charge is 0.249 e. The van der Waals surface area contributed by atoms with Crippen molar-refractivity contribution in [1.82, 2.24) is 9.88 Å². The third-order valence-electron chi connectivity index (χ3n) is 4.90. The number of aliphatic hydroxyl groups excluding tert-OH is 1. The fourth-order valence-electron chi connectivity index (χ4n) is 3.65. The topological polar surface area (TPSA) is 71.9 Å². The lowest BCUT2D eigenvalue weighted by atomic mass is 9.97. The molecular weight excluding hydrogens is 356 g/mol. The number of aryl methyl sites for hydroxylation is 1. The number of aliphatic hydroxyl groups is 1. The van der Waals surface area contributed by atoms with Crippen molar-refractivity contribution < 1.29 is 19.4 Å². The standard InChI is InChI=1S/C19H23ClN2O4/c1-11-17-12(9-22(11)16(24)10-25-2)8-21-19-13(5-4-6-23)18(20)15(26-3)7-14(17)19/h7-8,11,23H,4-6,9-10H2,1-3H3/t11-/m0/s1. The summed E-state index contributed by atoms with van der Waals surface area (Å²) >= 11 is 6.50. The second-order valence-electron chi connectivity index (χ2n) is 6.42. The Labute approximate surface area is 157 Å². The highest BCUT2D eigenvalue weighted by molar-refractivity contribution is 6.34. The van der Waals surface area contributed by atoms with E-state index in [1.165, 1.54) is 7.11 Å². The molecule has 1 aromatic carbocycles. The van der Waals surface area contributed by atoms with Gasteiger partial charge in [0.15, 0.2) is 0 Å². The number of carbonyl (C=O) groups is 1. The minimum Gasteiger partial charge on any atom is -0.495 e. The Kier molecular flexibility index (Phi) is 5.65. The summed E-state index contributed by atoms with van der Waals surface area (Å²) in [7, 11) is 3.10. The first-order chi connectivity index (χ1) is 12.5. The SMILES string of the molecule is COCC(=O)N1Cc2cnc3c(CCCO)c(Cl)c(OC)cc3c2[C@@H]1C. The predicted molar refractivity (Wildman–Crippen MR) is 99.6 cm³/mol. The number of aromatic nitrogens is 1. The van der Waals surface area contributed by atoms with Crippen LogP contribution < -0.4 is 4.74 Å². The van der Waals surface area contributed by atoms with Gasteiger partial charge in [0.25, 0.3) is 0 Å². The Morgan fingerprint density at radius 3 is 2.88 bits per heavy atom. The molecule has 0 unspecified atom stereocenters. The van der Waals surface area contributed by atoms with E-state index in [0.717, 1.165) is 27.6 Å². The molecule has 26 heavy (non-hydrogen) atoms. The van der Waals surface area contributed by atoms with Crippen molar-refractivity contribution in [2.75, 3.05) is 27.4 Å². The molecule has 0 radical (unpaired) electrons. The van der Waals surface area contributed by atoms with Crippen LogP contribution in [0.1, 0.15) is 36.1 Å². The zero-order chi connectivity index (χ0) is 18.8. The molecule has 7 heteroatoms. The molecule has 0 bridgehead atoms. The van der Waals surface area contributed by atoms with Crippen LogP contribution in [0, 0.1) is 0 Å². The van der Waals surface area contributed by atoms with Crippen molar-refractivity contribution >= 4 is 28.4 Å². The highest BCUT2D eigenvalue weighted by Crippen LogP contribution is 2.42. The molecule has 0 aliphatic carbocycles. The van der Waals surface area contributed by atoms with Gasteiger partial charge in [-0.2, -0.15) is 0 Å². The number of methoxy groups -OCH3 is 2. The van der Waals surface area contributed by atoms with Crippen molar-refractivity contribution in [3.05, 3.63) is 34.0 Å². The molecule has 140 valence electrons. The lowest BCUT2D eigenvalue weighted by molar-refractivity contribution is -0.137. The summed E-state index contributed by atoms with van der Waals surface area (Å²) in [5.74, 6) is 0.530. The molecule has 6 nitrogen and oxygen atoms in total. The van der Waals surface area contributed by atoms with Gasteiger partial charge in [-0.25, -0.2) is 0 Å². The molecule has 0 saturated heterocycles. The number of ether oxygens (including phenoxy) is 2. The molecule has 1 N–H and O–H groups in total. The number of halogens is 1. The summed E-state index contributed by atoms with van der Waals surface area (Å²) in [4.78, 5) is 18.8. The first-order valence-electron chi connectivity index (χ1n) is 8.59. The van der Waals surface area contributed by atoms with Crippen LogP contribution in [-0.2, 0) is 22.5 Å². The van der Waals surface area contributed by atoms with Gasteiger partial charge in [-0.05, 0) is 37.0 Å². The van der Waals surface area contributed by atoms with E-state index >= 15 is 0 Å². The largest absolute Gasteiger partial charge is 0.495 e. The predicted octanol–water partition coefficient (Wildman–Crippen LogP) is 2.87. The Balaban J connectivity index is 2.16. The van der Waals surface area contributed by atoms with E-state index in [2.05, 4.69) is 4.98 Å². The maximum atomic E-state index is 12.4. The van der Waals surface area contributed by atoms with Gasteiger partial charge in [0.2, 0.25) is 5.91 Å². The van der Waals surface area contributed by atoms with Gasteiger partial charge < -0.3 is 19.5 Å². The monoisotopic (exact) mass is 378 g/mol. The van der Waals surface area contributed by atoms with Crippen LogP contribution in [0.15, 0.2) is 12.3 Å². The van der Waals surface area contributed by atoms with E-state index < -0.39 is 0 Å². The third-order valence-corrected chi connectivity index (χ3v) is 5.32. The van der Waals surface area contributed by atoms with Gasteiger partial charge in [-0.3, -0.25) is 9.78 Å². The highest BCUT2D eigenvalue weighted by Gasteiger charge is 2.33. The van der Waals surface area contributed by atoms with Gasteiger partial charge in [0.05, 0.1) is 23.7 Å². The molecule has 1 aliphatic rings. The van der Waals surface area contributed by atoms with Gasteiger partial charge in [-0.1, -0.05) is 11.6 Å². The van der Waals surface area contributed by atoms with Crippen LogP contribution in [0.2, 0.25) is 5.02 Å². The number of pyridine rings is 1. The van der Waals surface area contributed by atoms with E-state index in [4.69, 9.17) is 21.1 Å². The van der Waals surface area contributed by atoms with Crippen LogP contribution in [0.4, 0.5) is 0 Å². The summed E-state index contributed by atoms with van der Waals surface area (Å²) in [6, 6.07) is 1.81. The lowest BCUT2D eigenvalue weighted by Crippen LogP contribution is -2.31. The van der Waals surface area contributed by atoms with Crippen molar-refractivity contribution in [3.63, 3.8) is 0 Å². The van der Waals surface area contributed by atoms with Crippen LogP contribution in [0.5, 0.6) is 5.75 Å². The van der Waals surface area contributed by atoms with Crippen LogP contribution in [-0.4, -0.2) is 48.3 Å². The molecule has 0 saturated carbocycles. The summed E-state index contributed by atoms with van der Waals surface area (Å²) in [6.45, 7) is 2.65. The minimum atomic E-state index is -0.0882. The number of nitrogens with zero attached hydrogens (tertiary/aromatic N) is 2. The molecule has 1 aliphatic heterocycles. The maximum absolute atomic E-state index is 12.4. The van der Waals surface area contributed by atoms with Crippen LogP contribution >= 0.6 is 11.6 Å². The fraction of sp³-hybridized carbons (Fsp3) is 0.474. The molecule has 0 spiro atoms. The molecule has 1 atom stereocenters. The zero-order valence-electron chi connectivity index (χ0n) is 15.2. The van der Waals surface area contributed by atoms with E-state index in [-0.39, 0.29) is 25.2 Å². The lowest BCUT2D eigenvalue weighted by Gasteiger charge is -2.22. The van der Waals surface area contributed by atoms with Gasteiger partial charge in [-0.15, -0.1) is 0 Å². The first-order valence-corrected chi connectivity index (χ1v) is 8.97. The zero-order valence-corrected chi connectivity index (χ0v) is 16.0. The molecular formula is C19H23ClN2O4. The summed E-state index contributed by atoms with van der Waals surface area (Å²) in [5.41, 5.74) is 3.76. The average Bonchev–Trinajstić information content (AvgIpc) is 2.98. The first kappa shape index (κ1) is 18.9. The number of carbonyl (C=O) groups excluding carboxylic acids is 1. The van der Waals surface area contributed by atoms with E-state index in [1.807, 2.05) is 19.2 Å². The van der Waals surface area contributed by atoms with Crippen LogP contribution in [0.3, 0.4) is 0 Å². The number of benzene rings is 1. The van der Waals surface area contributed by atoms with Crippen molar-refractivity contribution in [2.24, 2.45) is 0 Å².